The predicted molar refractivity (Wildman–Crippen MR) is 108 cm³/mol. The van der Waals surface area contributed by atoms with Crippen molar-refractivity contribution in [1.82, 2.24) is 9.78 Å². The third kappa shape index (κ3) is 3.58. The first-order valence-electron chi connectivity index (χ1n) is 8.83. The summed E-state index contributed by atoms with van der Waals surface area (Å²) >= 11 is 4.93. The molecule has 0 aromatic carbocycles. The molecule has 1 N–H and O–H groups in total. The SMILES string of the molecule is CCn1cc(Br)c(C(=O)Nc2sc3c(c2C#N)CCC(C(C)(C)C)C3)n1. The molecule has 1 aliphatic rings. The van der Waals surface area contributed by atoms with Gasteiger partial charge in [0.25, 0.3) is 5.91 Å². The van der Waals surface area contributed by atoms with E-state index in [9.17, 15) is 10.1 Å². The second-order valence-electron chi connectivity index (χ2n) is 7.76. The van der Waals surface area contributed by atoms with Gasteiger partial charge in [-0.3, -0.25) is 9.48 Å². The van der Waals surface area contributed by atoms with Crippen LogP contribution >= 0.6 is 27.3 Å². The molecule has 2 aromatic heterocycles. The van der Waals surface area contributed by atoms with Crippen LogP contribution < -0.4 is 5.32 Å². The van der Waals surface area contributed by atoms with E-state index in [0.29, 0.717) is 33.2 Å². The van der Waals surface area contributed by atoms with Gasteiger partial charge in [0.15, 0.2) is 5.69 Å². The van der Waals surface area contributed by atoms with Gasteiger partial charge < -0.3 is 5.32 Å². The molecule has 0 fully saturated rings. The molecule has 0 saturated heterocycles. The van der Waals surface area contributed by atoms with Crippen molar-refractivity contribution in [2.75, 3.05) is 5.32 Å². The Morgan fingerprint density at radius 1 is 1.54 bits per heavy atom. The monoisotopic (exact) mass is 434 g/mol. The molecule has 0 aliphatic heterocycles. The lowest BCUT2D eigenvalue weighted by atomic mass is 9.72. The molecule has 5 nitrogen and oxygen atoms in total. The molecule has 26 heavy (non-hydrogen) atoms. The van der Waals surface area contributed by atoms with Crippen molar-refractivity contribution >= 4 is 38.2 Å². The molecule has 1 atom stereocenters. The molecule has 1 aliphatic carbocycles. The van der Waals surface area contributed by atoms with Crippen LogP contribution in [0.1, 0.15) is 60.6 Å². The van der Waals surface area contributed by atoms with Crippen molar-refractivity contribution in [1.29, 1.82) is 5.26 Å². The summed E-state index contributed by atoms with van der Waals surface area (Å²) in [6.07, 6.45) is 4.75. The van der Waals surface area contributed by atoms with Crippen LogP contribution in [0.15, 0.2) is 10.7 Å². The lowest BCUT2D eigenvalue weighted by Crippen LogP contribution is -2.26. The van der Waals surface area contributed by atoms with Gasteiger partial charge in [0.05, 0.1) is 10.0 Å². The fraction of sp³-hybridized carbons (Fsp3) is 0.526. The molecular formula is C19H23BrN4OS. The highest BCUT2D eigenvalue weighted by molar-refractivity contribution is 9.10. The summed E-state index contributed by atoms with van der Waals surface area (Å²) in [5.74, 6) is 0.310. The van der Waals surface area contributed by atoms with E-state index >= 15 is 0 Å². The fourth-order valence-electron chi connectivity index (χ4n) is 3.41. The molecule has 7 heteroatoms. The zero-order valence-electron chi connectivity index (χ0n) is 15.5. The summed E-state index contributed by atoms with van der Waals surface area (Å²) in [6, 6.07) is 2.30. The summed E-state index contributed by atoms with van der Waals surface area (Å²) in [4.78, 5) is 13.9. The van der Waals surface area contributed by atoms with E-state index in [1.165, 1.54) is 4.88 Å². The lowest BCUT2D eigenvalue weighted by molar-refractivity contribution is 0.102. The Morgan fingerprint density at radius 3 is 2.85 bits per heavy atom. The number of anilines is 1. The number of nitrogens with one attached hydrogen (secondary N) is 1. The van der Waals surface area contributed by atoms with Crippen molar-refractivity contribution in [3.63, 3.8) is 0 Å². The minimum absolute atomic E-state index is 0.246. The zero-order valence-corrected chi connectivity index (χ0v) is 17.9. The van der Waals surface area contributed by atoms with Crippen molar-refractivity contribution < 1.29 is 4.79 Å². The second-order valence-corrected chi connectivity index (χ2v) is 9.72. The topological polar surface area (TPSA) is 70.7 Å². The zero-order chi connectivity index (χ0) is 19.1. The molecule has 3 rings (SSSR count). The van der Waals surface area contributed by atoms with E-state index in [0.717, 1.165) is 24.8 Å². The molecule has 1 unspecified atom stereocenters. The molecule has 2 heterocycles. The number of aryl methyl sites for hydroxylation is 1. The smallest absolute Gasteiger partial charge is 0.277 e. The van der Waals surface area contributed by atoms with Gasteiger partial charge in [0.2, 0.25) is 0 Å². The Kier molecular flexibility index (Phi) is 5.27. The van der Waals surface area contributed by atoms with Crippen molar-refractivity contribution in [3.8, 4) is 6.07 Å². The maximum Gasteiger partial charge on any atom is 0.277 e. The molecular weight excluding hydrogens is 412 g/mol. The largest absolute Gasteiger partial charge is 0.311 e. The van der Waals surface area contributed by atoms with Gasteiger partial charge in [-0.05, 0) is 59.0 Å². The Labute approximate surface area is 166 Å². The van der Waals surface area contributed by atoms with Crippen LogP contribution in [0.4, 0.5) is 5.00 Å². The van der Waals surface area contributed by atoms with E-state index in [2.05, 4.69) is 53.2 Å². The highest BCUT2D eigenvalue weighted by Crippen LogP contribution is 2.44. The number of thiophene rings is 1. The maximum absolute atomic E-state index is 12.6. The minimum atomic E-state index is -0.286. The normalized spacial score (nSPS) is 16.8. The minimum Gasteiger partial charge on any atom is -0.311 e. The number of carbonyl (C=O) groups is 1. The Hall–Kier alpha value is -1.65. The lowest BCUT2D eigenvalue weighted by Gasteiger charge is -2.33. The van der Waals surface area contributed by atoms with Crippen molar-refractivity contribution in [2.45, 2.75) is 53.5 Å². The van der Waals surface area contributed by atoms with Crippen LogP contribution in [-0.2, 0) is 19.4 Å². The predicted octanol–water partition coefficient (Wildman–Crippen LogP) is 5.00. The number of hydrogen-bond acceptors (Lipinski definition) is 4. The molecule has 1 amide bonds. The summed E-state index contributed by atoms with van der Waals surface area (Å²) in [6.45, 7) is 9.47. The summed E-state index contributed by atoms with van der Waals surface area (Å²) in [5.41, 5.74) is 2.33. The van der Waals surface area contributed by atoms with E-state index in [1.807, 2.05) is 6.92 Å². The number of nitrogens with zero attached hydrogens (tertiary/aromatic N) is 3. The van der Waals surface area contributed by atoms with Gasteiger partial charge in [0.1, 0.15) is 11.1 Å². The van der Waals surface area contributed by atoms with Gasteiger partial charge in [-0.1, -0.05) is 20.8 Å². The van der Waals surface area contributed by atoms with Gasteiger partial charge in [-0.15, -0.1) is 11.3 Å². The first kappa shape index (κ1) is 19.1. The van der Waals surface area contributed by atoms with E-state index in [4.69, 9.17) is 0 Å². The summed E-state index contributed by atoms with van der Waals surface area (Å²) in [7, 11) is 0. The number of carbonyl (C=O) groups excluding carboxylic acids is 1. The number of aromatic nitrogens is 2. The highest BCUT2D eigenvalue weighted by atomic mass is 79.9. The number of halogens is 1. The average molecular weight is 435 g/mol. The molecule has 2 aromatic rings. The molecule has 0 saturated carbocycles. The second kappa shape index (κ2) is 7.16. The van der Waals surface area contributed by atoms with Crippen LogP contribution in [0, 0.1) is 22.7 Å². The third-order valence-electron chi connectivity index (χ3n) is 5.08. The standard InChI is InChI=1S/C19H23BrN4OS/c1-5-24-10-14(20)16(23-24)17(25)22-18-13(9-21)12-7-6-11(19(2,3)4)8-15(12)26-18/h10-11H,5-8H2,1-4H3,(H,22,25). The van der Waals surface area contributed by atoms with Crippen LogP contribution in [0.5, 0.6) is 0 Å². The van der Waals surface area contributed by atoms with E-state index in [-0.39, 0.29) is 11.3 Å². The summed E-state index contributed by atoms with van der Waals surface area (Å²) < 4.78 is 2.36. The van der Waals surface area contributed by atoms with Gasteiger partial charge >= 0.3 is 0 Å². The Morgan fingerprint density at radius 2 is 2.27 bits per heavy atom. The molecule has 0 bridgehead atoms. The van der Waals surface area contributed by atoms with Crippen molar-refractivity contribution in [2.24, 2.45) is 11.3 Å². The maximum atomic E-state index is 12.6. The highest BCUT2D eigenvalue weighted by Gasteiger charge is 2.32. The number of fused-ring (bicyclic) bond motifs is 1. The van der Waals surface area contributed by atoms with Crippen LogP contribution in [-0.4, -0.2) is 15.7 Å². The van der Waals surface area contributed by atoms with Gasteiger partial charge in [-0.2, -0.15) is 10.4 Å². The van der Waals surface area contributed by atoms with Crippen molar-refractivity contribution in [3.05, 3.63) is 32.4 Å². The van der Waals surface area contributed by atoms with Crippen LogP contribution in [0.3, 0.4) is 0 Å². The van der Waals surface area contributed by atoms with E-state index < -0.39 is 0 Å². The third-order valence-corrected chi connectivity index (χ3v) is 6.84. The van der Waals surface area contributed by atoms with Gasteiger partial charge in [0, 0.05) is 17.6 Å². The average Bonchev–Trinajstić information content (AvgIpc) is 3.12. The van der Waals surface area contributed by atoms with Crippen LogP contribution in [0.25, 0.3) is 0 Å². The first-order valence-corrected chi connectivity index (χ1v) is 10.4. The molecule has 0 spiro atoms. The van der Waals surface area contributed by atoms with Gasteiger partial charge in [-0.25, -0.2) is 0 Å². The Balaban J connectivity index is 1.88. The number of rotatable bonds is 3. The van der Waals surface area contributed by atoms with Crippen LogP contribution in [0.2, 0.25) is 0 Å². The Bertz CT molecular complexity index is 885. The quantitative estimate of drug-likeness (QED) is 0.738. The number of hydrogen-bond donors (Lipinski definition) is 1. The molecule has 0 radical (unpaired) electrons. The van der Waals surface area contributed by atoms with E-state index in [1.54, 1.807) is 22.2 Å². The molecule has 138 valence electrons. The first-order chi connectivity index (χ1) is 12.2. The summed E-state index contributed by atoms with van der Waals surface area (Å²) in [5, 5.41) is 17.5. The fourth-order valence-corrected chi connectivity index (χ4v) is 5.18. The number of nitriles is 1. The number of amides is 1.